The number of nitrogens with one attached hydrogen (secondary N) is 2. The van der Waals surface area contributed by atoms with Crippen LogP contribution in [0.15, 0.2) is 53.4 Å². The van der Waals surface area contributed by atoms with Crippen molar-refractivity contribution in [2.45, 2.75) is 36.5 Å². The number of rotatable bonds is 6. The Bertz CT molecular complexity index is 920. The van der Waals surface area contributed by atoms with Crippen LogP contribution < -0.4 is 10.0 Å². The molecule has 2 aromatic rings. The summed E-state index contributed by atoms with van der Waals surface area (Å²) in [4.78, 5) is 12.2. The lowest BCUT2D eigenvalue weighted by atomic mass is 10.1. The summed E-state index contributed by atoms with van der Waals surface area (Å²) in [7, 11) is -3.58. The minimum Gasteiger partial charge on any atom is -0.348 e. The molecule has 0 radical (unpaired) electrons. The van der Waals surface area contributed by atoms with Crippen LogP contribution in [0.1, 0.15) is 34.3 Å². The van der Waals surface area contributed by atoms with E-state index in [-0.39, 0.29) is 23.0 Å². The first-order valence-corrected chi connectivity index (χ1v) is 9.70. The highest BCUT2D eigenvalue weighted by atomic mass is 32.2. The van der Waals surface area contributed by atoms with E-state index in [1.165, 1.54) is 36.4 Å². The van der Waals surface area contributed by atoms with E-state index in [4.69, 9.17) is 0 Å². The average Bonchev–Trinajstić information content (AvgIpc) is 3.42. The number of alkyl halides is 3. The standard InChI is InChI=1S/C18H17F3N2O3S/c19-18(20,21)14-5-1-12(2-6-14)11-22-17(24)13-3-9-16(10-4-13)27(25,26)23-15-7-8-15/h1-6,9-10,15,23H,7-8,11H2,(H,22,24). The van der Waals surface area contributed by atoms with Crippen LogP contribution >= 0.6 is 0 Å². The SMILES string of the molecule is O=C(NCc1ccc(C(F)(F)F)cc1)c1ccc(S(=O)(=O)NC2CC2)cc1. The first-order valence-electron chi connectivity index (χ1n) is 8.22. The lowest BCUT2D eigenvalue weighted by molar-refractivity contribution is -0.137. The molecule has 1 fully saturated rings. The van der Waals surface area contributed by atoms with Crippen molar-refractivity contribution in [3.8, 4) is 0 Å². The van der Waals surface area contributed by atoms with Gasteiger partial charge in [-0.1, -0.05) is 12.1 Å². The molecule has 0 aliphatic heterocycles. The molecule has 1 saturated carbocycles. The Morgan fingerprint density at radius 2 is 1.59 bits per heavy atom. The highest BCUT2D eigenvalue weighted by Gasteiger charge is 2.30. The summed E-state index contributed by atoms with van der Waals surface area (Å²) in [6.45, 7) is 0.0558. The highest BCUT2D eigenvalue weighted by Crippen LogP contribution is 2.29. The van der Waals surface area contributed by atoms with Gasteiger partial charge < -0.3 is 5.32 Å². The van der Waals surface area contributed by atoms with Gasteiger partial charge in [0.25, 0.3) is 5.91 Å². The molecule has 2 aromatic carbocycles. The Hall–Kier alpha value is -2.39. The summed E-state index contributed by atoms with van der Waals surface area (Å²) in [6.07, 6.45) is -2.76. The lowest BCUT2D eigenvalue weighted by Crippen LogP contribution is -2.26. The van der Waals surface area contributed by atoms with E-state index < -0.39 is 27.7 Å². The smallest absolute Gasteiger partial charge is 0.348 e. The van der Waals surface area contributed by atoms with Crippen LogP contribution in [0.5, 0.6) is 0 Å². The van der Waals surface area contributed by atoms with Crippen molar-refractivity contribution >= 4 is 15.9 Å². The monoisotopic (exact) mass is 398 g/mol. The Balaban J connectivity index is 1.59. The molecule has 9 heteroatoms. The minimum atomic E-state index is -4.40. The molecule has 0 atom stereocenters. The second-order valence-corrected chi connectivity index (χ2v) is 8.01. The van der Waals surface area contributed by atoms with Crippen LogP contribution in [0.2, 0.25) is 0 Å². The summed E-state index contributed by atoms with van der Waals surface area (Å²) in [5.74, 6) is -0.450. The van der Waals surface area contributed by atoms with Gasteiger partial charge >= 0.3 is 6.18 Å². The lowest BCUT2D eigenvalue weighted by Gasteiger charge is -2.09. The quantitative estimate of drug-likeness (QED) is 0.785. The predicted molar refractivity (Wildman–Crippen MR) is 92.4 cm³/mol. The van der Waals surface area contributed by atoms with E-state index in [9.17, 15) is 26.4 Å². The summed E-state index contributed by atoms with van der Waals surface area (Å²) in [5, 5.41) is 2.59. The molecule has 0 heterocycles. The molecular formula is C18H17F3N2O3S. The van der Waals surface area contributed by atoms with Crippen molar-refractivity contribution in [1.82, 2.24) is 10.0 Å². The number of halogens is 3. The van der Waals surface area contributed by atoms with E-state index in [0.717, 1.165) is 25.0 Å². The van der Waals surface area contributed by atoms with Gasteiger partial charge in [-0.15, -0.1) is 0 Å². The summed E-state index contributed by atoms with van der Waals surface area (Å²) < 4.78 is 64.3. The number of hydrogen-bond acceptors (Lipinski definition) is 3. The van der Waals surface area contributed by atoms with Crippen molar-refractivity contribution in [2.24, 2.45) is 0 Å². The van der Waals surface area contributed by atoms with Crippen LogP contribution in [0, 0.1) is 0 Å². The van der Waals surface area contributed by atoms with E-state index in [0.29, 0.717) is 5.56 Å². The molecule has 0 spiro atoms. The van der Waals surface area contributed by atoms with Gasteiger partial charge in [0.2, 0.25) is 10.0 Å². The number of amides is 1. The number of carbonyl (C=O) groups excluding carboxylic acids is 1. The molecule has 3 rings (SSSR count). The van der Waals surface area contributed by atoms with Gasteiger partial charge in [0.1, 0.15) is 0 Å². The first kappa shape index (κ1) is 19.4. The van der Waals surface area contributed by atoms with Gasteiger partial charge in [-0.05, 0) is 54.8 Å². The third-order valence-corrected chi connectivity index (χ3v) is 5.60. The summed E-state index contributed by atoms with van der Waals surface area (Å²) in [5.41, 5.74) is 0.0191. The predicted octanol–water partition coefficient (Wildman–Crippen LogP) is 3.08. The zero-order valence-corrected chi connectivity index (χ0v) is 14.9. The molecule has 0 aromatic heterocycles. The third kappa shape index (κ3) is 5.08. The van der Waals surface area contributed by atoms with E-state index in [1.807, 2.05) is 0 Å². The van der Waals surface area contributed by atoms with Gasteiger partial charge in [0, 0.05) is 18.2 Å². The summed E-state index contributed by atoms with van der Waals surface area (Å²) >= 11 is 0. The van der Waals surface area contributed by atoms with E-state index in [2.05, 4.69) is 10.0 Å². The molecule has 0 unspecified atom stereocenters. The zero-order valence-electron chi connectivity index (χ0n) is 14.1. The fraction of sp³-hybridized carbons (Fsp3) is 0.278. The highest BCUT2D eigenvalue weighted by molar-refractivity contribution is 7.89. The van der Waals surface area contributed by atoms with E-state index in [1.54, 1.807) is 0 Å². The van der Waals surface area contributed by atoms with Crippen LogP contribution in [0.4, 0.5) is 13.2 Å². The third-order valence-electron chi connectivity index (χ3n) is 4.06. The van der Waals surface area contributed by atoms with Crippen LogP contribution in [0.25, 0.3) is 0 Å². The van der Waals surface area contributed by atoms with Gasteiger partial charge in [-0.3, -0.25) is 4.79 Å². The number of sulfonamides is 1. The Morgan fingerprint density at radius 1 is 1.00 bits per heavy atom. The van der Waals surface area contributed by atoms with Crippen molar-refractivity contribution in [1.29, 1.82) is 0 Å². The molecule has 1 aliphatic rings. The molecule has 0 saturated heterocycles. The summed E-state index contributed by atoms with van der Waals surface area (Å²) in [6, 6.07) is 9.96. The largest absolute Gasteiger partial charge is 0.416 e. The van der Waals surface area contributed by atoms with Crippen molar-refractivity contribution in [2.75, 3.05) is 0 Å². The van der Waals surface area contributed by atoms with Crippen LogP contribution in [-0.2, 0) is 22.7 Å². The van der Waals surface area contributed by atoms with Crippen LogP contribution in [0.3, 0.4) is 0 Å². The average molecular weight is 398 g/mol. The van der Waals surface area contributed by atoms with Gasteiger partial charge in [-0.2, -0.15) is 13.2 Å². The van der Waals surface area contributed by atoms with Crippen molar-refractivity contribution < 1.29 is 26.4 Å². The van der Waals surface area contributed by atoms with Crippen molar-refractivity contribution in [3.63, 3.8) is 0 Å². The molecule has 5 nitrogen and oxygen atoms in total. The van der Waals surface area contributed by atoms with E-state index >= 15 is 0 Å². The number of hydrogen-bond donors (Lipinski definition) is 2. The minimum absolute atomic E-state index is 0.0123. The maximum atomic E-state index is 12.5. The van der Waals surface area contributed by atoms with Gasteiger partial charge in [-0.25, -0.2) is 13.1 Å². The second kappa shape index (κ2) is 7.32. The van der Waals surface area contributed by atoms with Gasteiger partial charge in [0.05, 0.1) is 10.5 Å². The maximum Gasteiger partial charge on any atom is 0.416 e. The first-order chi connectivity index (χ1) is 12.6. The second-order valence-electron chi connectivity index (χ2n) is 6.30. The maximum absolute atomic E-state index is 12.5. The molecule has 1 amide bonds. The molecular weight excluding hydrogens is 381 g/mol. The Morgan fingerprint density at radius 3 is 2.11 bits per heavy atom. The molecule has 27 heavy (non-hydrogen) atoms. The number of carbonyl (C=O) groups is 1. The van der Waals surface area contributed by atoms with Crippen molar-refractivity contribution in [3.05, 3.63) is 65.2 Å². The Labute approximate surface area is 154 Å². The fourth-order valence-electron chi connectivity index (χ4n) is 2.37. The zero-order chi connectivity index (χ0) is 19.7. The molecule has 2 N–H and O–H groups in total. The Kier molecular flexibility index (Phi) is 5.25. The molecule has 0 bridgehead atoms. The topological polar surface area (TPSA) is 75.3 Å². The molecule has 144 valence electrons. The van der Waals surface area contributed by atoms with Gasteiger partial charge in [0.15, 0.2) is 0 Å². The molecule has 1 aliphatic carbocycles. The normalized spacial score (nSPS) is 14.8. The number of benzene rings is 2. The van der Waals surface area contributed by atoms with Crippen LogP contribution in [-0.4, -0.2) is 20.4 Å². The fourth-order valence-corrected chi connectivity index (χ4v) is 3.68.